The van der Waals surface area contributed by atoms with Crippen LogP contribution in [0.2, 0.25) is 0 Å². The normalized spacial score (nSPS) is 32.5. The van der Waals surface area contributed by atoms with E-state index in [-0.39, 0.29) is 18.9 Å². The Balaban J connectivity index is 1.57. The van der Waals surface area contributed by atoms with Gasteiger partial charge in [0.25, 0.3) is 0 Å². The summed E-state index contributed by atoms with van der Waals surface area (Å²) in [5.74, 6) is -0.308. The summed E-state index contributed by atoms with van der Waals surface area (Å²) in [7, 11) is 0. The topological polar surface area (TPSA) is 307 Å². The minimum absolute atomic E-state index is 0.213. The highest BCUT2D eigenvalue weighted by molar-refractivity contribution is 5.76. The molecule has 1 amide bonds. The van der Waals surface area contributed by atoms with Crippen molar-refractivity contribution in [3.63, 3.8) is 0 Å². The first-order chi connectivity index (χ1) is 34.8. The number of unbranched alkanes of at least 4 members (excludes halogenated alkanes) is 12. The average molecular weight is 1030 g/mol. The molecule has 3 aliphatic rings. The second-order valence-electron chi connectivity index (χ2n) is 18.9. The van der Waals surface area contributed by atoms with Gasteiger partial charge in [-0.1, -0.05) is 126 Å². The molecule has 0 saturated carbocycles. The SMILES string of the molecule is CC/C=C\C/C=C\C/C=C\CCCCCCCC(=O)NC(COC1OC(CO)C(OC2OC(CO)C(OC3OC(CO)C(O)C(O)C3O)C(O)C2O)C(O)C1O)C(O)/C=C/CC/C=C/CCCCCCCC. The molecule has 0 spiro atoms. The number of rotatable bonds is 36. The van der Waals surface area contributed by atoms with Crippen molar-refractivity contribution in [1.29, 1.82) is 0 Å². The van der Waals surface area contributed by atoms with Crippen LogP contribution in [0.4, 0.5) is 0 Å². The predicted molar refractivity (Wildman–Crippen MR) is 268 cm³/mol. The molecule has 0 radical (unpaired) electrons. The number of aliphatic hydroxyl groups is 11. The molecule has 19 heteroatoms. The van der Waals surface area contributed by atoms with Gasteiger partial charge in [0.05, 0.1) is 38.6 Å². The highest BCUT2D eigenvalue weighted by atomic mass is 16.8. The van der Waals surface area contributed by atoms with Gasteiger partial charge in [0.2, 0.25) is 5.91 Å². The molecule has 3 aliphatic heterocycles. The largest absolute Gasteiger partial charge is 0.394 e. The van der Waals surface area contributed by atoms with Gasteiger partial charge in [0, 0.05) is 6.42 Å². The molecular weight excluding hydrogens is 939 g/mol. The summed E-state index contributed by atoms with van der Waals surface area (Å²) in [5, 5.41) is 120. The van der Waals surface area contributed by atoms with Crippen molar-refractivity contribution in [3.8, 4) is 0 Å². The monoisotopic (exact) mass is 1030 g/mol. The van der Waals surface area contributed by atoms with E-state index < -0.39 is 124 Å². The first kappa shape index (κ1) is 63.8. The number of amides is 1. The lowest BCUT2D eigenvalue weighted by Gasteiger charge is -2.48. The Morgan fingerprint density at radius 1 is 0.514 bits per heavy atom. The number of nitrogens with one attached hydrogen (secondary N) is 1. The number of carbonyl (C=O) groups is 1. The van der Waals surface area contributed by atoms with E-state index in [2.05, 4.69) is 67.8 Å². The standard InChI is InChI=1S/C53H91NO18/c1-3-5-7-9-11-13-15-17-18-19-21-23-25-27-29-31-41(59)54-36(37(58)30-28-26-24-22-20-16-14-12-10-8-6-4-2)35-67-51-47(65)44(62)49(39(33-56)69-51)72-53-48(66)45(63)50(40(34-57)70-53)71-52-46(64)43(61)42(60)38(32-55)68-52/h5,7,11,13,17-18,20,22,28,30,36-40,42-53,55-58,60-66H,3-4,6,8-10,12,14-16,19,21,23-27,29,31-35H2,1-2H3,(H,54,59)/b7-5-,13-11-,18-17-,22-20+,30-28+. The van der Waals surface area contributed by atoms with Gasteiger partial charge in [0.15, 0.2) is 18.9 Å². The second kappa shape index (κ2) is 37.3. The van der Waals surface area contributed by atoms with Crippen LogP contribution in [0.1, 0.15) is 136 Å². The Morgan fingerprint density at radius 2 is 0.972 bits per heavy atom. The van der Waals surface area contributed by atoms with Crippen molar-refractivity contribution in [2.75, 3.05) is 26.4 Å². The van der Waals surface area contributed by atoms with Gasteiger partial charge in [0.1, 0.15) is 73.2 Å². The maximum absolute atomic E-state index is 13.2. The van der Waals surface area contributed by atoms with Gasteiger partial charge in [-0.05, 0) is 64.2 Å². The molecular formula is C53H91NO18. The molecule has 12 N–H and O–H groups in total. The van der Waals surface area contributed by atoms with Crippen LogP contribution in [0.5, 0.6) is 0 Å². The number of carbonyl (C=O) groups excluding carboxylic acids is 1. The van der Waals surface area contributed by atoms with Crippen LogP contribution in [0.3, 0.4) is 0 Å². The molecule has 3 saturated heterocycles. The third-order valence-electron chi connectivity index (χ3n) is 13.0. The summed E-state index contributed by atoms with van der Waals surface area (Å²) in [6, 6.07) is -0.998. The molecule has 3 fully saturated rings. The summed E-state index contributed by atoms with van der Waals surface area (Å²) in [4.78, 5) is 13.2. The molecule has 0 aromatic rings. The van der Waals surface area contributed by atoms with Crippen molar-refractivity contribution >= 4 is 5.91 Å². The Kier molecular flexibility index (Phi) is 33.0. The van der Waals surface area contributed by atoms with Crippen LogP contribution in [-0.4, -0.2) is 193 Å². The van der Waals surface area contributed by atoms with Gasteiger partial charge in [-0.25, -0.2) is 0 Å². The zero-order valence-electron chi connectivity index (χ0n) is 42.6. The van der Waals surface area contributed by atoms with Gasteiger partial charge < -0.3 is 89.9 Å². The summed E-state index contributed by atoms with van der Waals surface area (Å²) < 4.78 is 34.1. The van der Waals surface area contributed by atoms with E-state index >= 15 is 0 Å². The molecule has 3 heterocycles. The van der Waals surface area contributed by atoms with Gasteiger partial charge in [-0.2, -0.15) is 0 Å². The van der Waals surface area contributed by atoms with Crippen LogP contribution in [0.25, 0.3) is 0 Å². The molecule has 3 rings (SSSR count). The first-order valence-electron chi connectivity index (χ1n) is 26.5. The molecule has 416 valence electrons. The molecule has 72 heavy (non-hydrogen) atoms. The lowest BCUT2D eigenvalue weighted by molar-refractivity contribution is -0.379. The van der Waals surface area contributed by atoms with E-state index in [9.17, 15) is 61.0 Å². The average Bonchev–Trinajstić information content (AvgIpc) is 3.37. The molecule has 19 nitrogen and oxygen atoms in total. The molecule has 0 aromatic carbocycles. The fourth-order valence-electron chi connectivity index (χ4n) is 8.63. The Morgan fingerprint density at radius 3 is 1.56 bits per heavy atom. The molecule has 17 unspecified atom stereocenters. The van der Waals surface area contributed by atoms with Crippen molar-refractivity contribution < 1.29 is 89.4 Å². The fourth-order valence-corrected chi connectivity index (χ4v) is 8.63. The van der Waals surface area contributed by atoms with Gasteiger partial charge in [-0.3, -0.25) is 4.79 Å². The first-order valence-corrected chi connectivity index (χ1v) is 26.5. The quantitative estimate of drug-likeness (QED) is 0.0317. The fraction of sp³-hybridized carbons (Fsp3) is 0.792. The Bertz CT molecular complexity index is 1560. The zero-order valence-corrected chi connectivity index (χ0v) is 42.6. The highest BCUT2D eigenvalue weighted by Gasteiger charge is 2.53. The van der Waals surface area contributed by atoms with E-state index in [4.69, 9.17) is 28.4 Å². The van der Waals surface area contributed by atoms with Crippen molar-refractivity contribution in [2.24, 2.45) is 0 Å². The Hall–Kier alpha value is -2.51. The van der Waals surface area contributed by atoms with E-state index in [1.807, 2.05) is 6.08 Å². The van der Waals surface area contributed by atoms with Crippen molar-refractivity contribution in [2.45, 2.75) is 240 Å². The second-order valence-corrected chi connectivity index (χ2v) is 18.9. The highest BCUT2D eigenvalue weighted by Crippen LogP contribution is 2.33. The number of hydrogen-bond donors (Lipinski definition) is 12. The van der Waals surface area contributed by atoms with Crippen LogP contribution in [0.15, 0.2) is 60.8 Å². The Labute approximate surface area is 426 Å². The van der Waals surface area contributed by atoms with E-state index in [1.165, 1.54) is 32.1 Å². The molecule has 0 aliphatic carbocycles. The third-order valence-corrected chi connectivity index (χ3v) is 13.0. The minimum atomic E-state index is -1.98. The maximum Gasteiger partial charge on any atom is 0.220 e. The molecule has 0 bridgehead atoms. The van der Waals surface area contributed by atoms with Crippen LogP contribution >= 0.6 is 0 Å². The number of allylic oxidation sites excluding steroid dienone is 9. The van der Waals surface area contributed by atoms with Crippen molar-refractivity contribution in [1.82, 2.24) is 5.32 Å². The van der Waals surface area contributed by atoms with E-state index in [1.54, 1.807) is 6.08 Å². The molecule has 17 atom stereocenters. The summed E-state index contributed by atoms with van der Waals surface area (Å²) >= 11 is 0. The van der Waals surface area contributed by atoms with E-state index in [0.717, 1.165) is 70.6 Å². The number of aliphatic hydroxyl groups excluding tert-OH is 11. The van der Waals surface area contributed by atoms with Gasteiger partial charge in [-0.15, -0.1) is 0 Å². The summed E-state index contributed by atoms with van der Waals surface area (Å²) in [5.41, 5.74) is 0. The van der Waals surface area contributed by atoms with Gasteiger partial charge >= 0.3 is 0 Å². The smallest absolute Gasteiger partial charge is 0.220 e. The van der Waals surface area contributed by atoms with Crippen LogP contribution in [0, 0.1) is 0 Å². The minimum Gasteiger partial charge on any atom is -0.394 e. The maximum atomic E-state index is 13.2. The van der Waals surface area contributed by atoms with Crippen LogP contribution in [-0.2, 0) is 33.2 Å². The third kappa shape index (κ3) is 22.4. The van der Waals surface area contributed by atoms with Crippen LogP contribution < -0.4 is 5.32 Å². The van der Waals surface area contributed by atoms with Crippen molar-refractivity contribution in [3.05, 3.63) is 60.8 Å². The summed E-state index contributed by atoms with van der Waals surface area (Å²) in [6.45, 7) is 1.51. The zero-order chi connectivity index (χ0) is 52.7. The predicted octanol–water partition coefficient (Wildman–Crippen LogP) is 2.53. The lowest BCUT2D eigenvalue weighted by Crippen LogP contribution is -2.66. The number of ether oxygens (including phenoxy) is 6. The molecule has 0 aromatic heterocycles. The van der Waals surface area contributed by atoms with E-state index in [0.29, 0.717) is 12.8 Å². The lowest BCUT2D eigenvalue weighted by atomic mass is 9.96. The number of hydrogen-bond acceptors (Lipinski definition) is 18. The summed E-state index contributed by atoms with van der Waals surface area (Å²) in [6.07, 6.45) is 12.2.